The fourth-order valence-corrected chi connectivity index (χ4v) is 2.32. The molecule has 0 aromatic heterocycles. The van der Waals surface area contributed by atoms with Gasteiger partial charge in [0.25, 0.3) is 0 Å². The van der Waals surface area contributed by atoms with Gasteiger partial charge in [0.2, 0.25) is 0 Å². The molecule has 0 amide bonds. The van der Waals surface area contributed by atoms with Gasteiger partial charge in [-0.3, -0.25) is 0 Å². The summed E-state index contributed by atoms with van der Waals surface area (Å²) >= 11 is 0. The Bertz CT molecular complexity index is 437. The predicted molar refractivity (Wildman–Crippen MR) is 63.7 cm³/mol. The first kappa shape index (κ1) is 11.2. The molecule has 82 valence electrons. The Kier molecular flexibility index (Phi) is 2.32. The van der Waals surface area contributed by atoms with E-state index in [-0.39, 0.29) is 6.42 Å². The molecule has 0 radical (unpaired) electrons. The topological polar surface area (TPSA) is 73.1 Å². The van der Waals surface area contributed by atoms with Gasteiger partial charge in [0.15, 0.2) is 15.7 Å². The first-order chi connectivity index (χ1) is 7.39. The Morgan fingerprint density at radius 3 is 2.56 bits per heavy atom. The van der Waals surface area contributed by atoms with E-state index < -0.39 is 11.2 Å². The van der Waals surface area contributed by atoms with Crippen molar-refractivity contribution < 1.29 is 10.2 Å². The third-order valence-corrected chi connectivity index (χ3v) is 3.00. The van der Waals surface area contributed by atoms with Gasteiger partial charge < -0.3 is 10.2 Å². The molecule has 0 bridgehead atoms. The van der Waals surface area contributed by atoms with Gasteiger partial charge in [-0.25, -0.2) is 5.01 Å². The minimum absolute atomic E-state index is 0.255. The number of hydrogen-bond acceptors (Lipinski definition) is 4. The second kappa shape index (κ2) is 3.33. The predicted octanol–water partition coefficient (Wildman–Crippen LogP) is -1.76. The Morgan fingerprint density at radius 1 is 1.31 bits per heavy atom. The third-order valence-electron chi connectivity index (χ3n) is 3.00. The molecule has 2 unspecified atom stereocenters. The maximum Gasteiger partial charge on any atom is 0.178 e. The maximum absolute atomic E-state index is 10.8. The van der Waals surface area contributed by atoms with Crippen molar-refractivity contribution in [1.82, 2.24) is 5.01 Å². The summed E-state index contributed by atoms with van der Waals surface area (Å²) in [6.07, 6.45) is 0.255. The fourth-order valence-electron chi connectivity index (χ4n) is 2.32. The molecule has 2 atom stereocenters. The van der Waals surface area contributed by atoms with Gasteiger partial charge in [-0.05, 0) is 11.1 Å². The lowest BCUT2D eigenvalue weighted by Crippen LogP contribution is -2.61. The minimum Gasteiger partial charge on any atom is -0.377 e. The van der Waals surface area contributed by atoms with Crippen LogP contribution in [-0.4, -0.2) is 36.5 Å². The number of nitroso groups, excluding NO2 is 1. The van der Waals surface area contributed by atoms with Crippen molar-refractivity contribution in [2.75, 3.05) is 0 Å². The Labute approximate surface area is 94.8 Å². The van der Waals surface area contributed by atoms with Crippen molar-refractivity contribution in [2.45, 2.75) is 17.7 Å². The van der Waals surface area contributed by atoms with Crippen LogP contribution in [0.5, 0.6) is 0 Å². The highest BCUT2D eigenvalue weighted by Gasteiger charge is 2.47. The highest BCUT2D eigenvalue weighted by molar-refractivity contribution is 6.18. The van der Waals surface area contributed by atoms with E-state index in [1.807, 2.05) is 12.1 Å². The summed E-state index contributed by atoms with van der Waals surface area (Å²) in [7, 11) is 2.90. The van der Waals surface area contributed by atoms with Crippen molar-refractivity contribution in [2.24, 2.45) is 5.29 Å². The number of hydrogen-bond donors (Lipinski definition) is 2. The van der Waals surface area contributed by atoms with Crippen molar-refractivity contribution >= 4 is 15.7 Å². The first-order valence-electron chi connectivity index (χ1n) is 5.06. The molecule has 1 aromatic rings. The van der Waals surface area contributed by atoms with Crippen LogP contribution in [0.1, 0.15) is 11.1 Å². The lowest BCUT2D eigenvalue weighted by atomic mass is 9.70. The number of rotatable bonds is 1. The molecule has 2 N–H and O–H groups in total. The number of nitrogens with zero attached hydrogens (tertiary/aromatic N) is 2. The molecule has 2 rings (SSSR count). The zero-order valence-electron chi connectivity index (χ0n) is 9.21. The standard InChI is InChI=1S/C9H12B2N2O3/c10-8(14)5-6-3-1-2-4-7(6)9(11,15)13(8)12-16/h1-4,14-15H,5,10-11H2. The number of aliphatic hydroxyl groups is 2. The molecule has 0 saturated heterocycles. The van der Waals surface area contributed by atoms with Crippen molar-refractivity contribution in [3.05, 3.63) is 40.3 Å². The van der Waals surface area contributed by atoms with Crippen LogP contribution < -0.4 is 0 Å². The van der Waals surface area contributed by atoms with Crippen LogP contribution >= 0.6 is 0 Å². The molecule has 5 nitrogen and oxygen atoms in total. The third kappa shape index (κ3) is 1.44. The number of fused-ring (bicyclic) bond motifs is 1. The molecule has 7 heteroatoms. The van der Waals surface area contributed by atoms with Crippen LogP contribution in [0.15, 0.2) is 29.6 Å². The van der Waals surface area contributed by atoms with E-state index in [0.29, 0.717) is 5.56 Å². The van der Waals surface area contributed by atoms with Crippen LogP contribution in [0.4, 0.5) is 0 Å². The summed E-state index contributed by atoms with van der Waals surface area (Å²) in [6.45, 7) is 0. The van der Waals surface area contributed by atoms with Gasteiger partial charge in [0, 0.05) is 6.42 Å². The molecular weight excluding hydrogens is 206 g/mol. The smallest absolute Gasteiger partial charge is 0.178 e. The molecule has 0 spiro atoms. The average molecular weight is 218 g/mol. The zero-order chi connectivity index (χ0) is 12.0. The molecular formula is C9H12B2N2O3. The molecule has 0 saturated carbocycles. The Morgan fingerprint density at radius 2 is 1.94 bits per heavy atom. The summed E-state index contributed by atoms with van der Waals surface area (Å²) < 4.78 is 0. The van der Waals surface area contributed by atoms with Crippen LogP contribution in [-0.2, 0) is 12.0 Å². The van der Waals surface area contributed by atoms with E-state index in [0.717, 1.165) is 10.6 Å². The minimum atomic E-state index is -1.58. The normalized spacial score (nSPS) is 33.2. The van der Waals surface area contributed by atoms with Crippen LogP contribution in [0.3, 0.4) is 0 Å². The molecule has 1 heterocycles. The van der Waals surface area contributed by atoms with E-state index in [1.165, 1.54) is 15.7 Å². The van der Waals surface area contributed by atoms with Crippen LogP contribution in [0.25, 0.3) is 0 Å². The monoisotopic (exact) mass is 218 g/mol. The van der Waals surface area contributed by atoms with Gasteiger partial charge in [-0.2, -0.15) is 0 Å². The molecule has 0 aliphatic carbocycles. The SMILES string of the molecule is BC1(O)Cc2ccccc2C(B)(O)N1N=O. The van der Waals surface area contributed by atoms with Crippen molar-refractivity contribution in [1.29, 1.82) is 0 Å². The zero-order valence-corrected chi connectivity index (χ0v) is 9.21. The Hall–Kier alpha value is -1.33. The van der Waals surface area contributed by atoms with Crippen LogP contribution in [0, 0.1) is 4.91 Å². The molecule has 1 aromatic carbocycles. The molecule has 1 aliphatic heterocycles. The van der Waals surface area contributed by atoms with E-state index >= 15 is 0 Å². The molecule has 16 heavy (non-hydrogen) atoms. The average Bonchev–Trinajstić information content (AvgIpc) is 2.16. The van der Waals surface area contributed by atoms with Crippen molar-refractivity contribution in [3.8, 4) is 0 Å². The summed E-state index contributed by atoms with van der Waals surface area (Å²) in [6, 6.07) is 7.15. The van der Waals surface area contributed by atoms with Crippen molar-refractivity contribution in [3.63, 3.8) is 0 Å². The molecule has 0 fully saturated rings. The quantitative estimate of drug-likeness (QED) is 0.432. The lowest BCUT2D eigenvalue weighted by molar-refractivity contribution is -0.167. The highest BCUT2D eigenvalue weighted by atomic mass is 16.4. The van der Waals surface area contributed by atoms with Gasteiger partial charge >= 0.3 is 0 Å². The van der Waals surface area contributed by atoms with E-state index in [4.69, 9.17) is 0 Å². The summed E-state index contributed by atoms with van der Waals surface area (Å²) in [4.78, 5) is 10.8. The first-order valence-corrected chi connectivity index (χ1v) is 5.06. The summed E-state index contributed by atoms with van der Waals surface area (Å²) in [5.74, 6) is 0. The highest BCUT2D eigenvalue weighted by Crippen LogP contribution is 2.37. The second-order valence-electron chi connectivity index (χ2n) is 4.47. The van der Waals surface area contributed by atoms with E-state index in [1.54, 1.807) is 12.1 Å². The fraction of sp³-hybridized carbons (Fsp3) is 0.333. The van der Waals surface area contributed by atoms with Gasteiger partial charge in [-0.15, -0.1) is 4.91 Å². The largest absolute Gasteiger partial charge is 0.377 e. The lowest BCUT2D eigenvalue weighted by Gasteiger charge is -2.47. The van der Waals surface area contributed by atoms with Gasteiger partial charge in [0.05, 0.1) is 5.29 Å². The van der Waals surface area contributed by atoms with E-state index in [2.05, 4.69) is 5.29 Å². The summed E-state index contributed by atoms with van der Waals surface area (Å²) in [5, 5.41) is 23.9. The van der Waals surface area contributed by atoms with Gasteiger partial charge in [-0.1, -0.05) is 24.3 Å². The summed E-state index contributed by atoms with van der Waals surface area (Å²) in [5.41, 5.74) is -1.64. The molecule has 1 aliphatic rings. The van der Waals surface area contributed by atoms with E-state index in [9.17, 15) is 15.1 Å². The van der Waals surface area contributed by atoms with Crippen LogP contribution in [0.2, 0.25) is 0 Å². The second-order valence-corrected chi connectivity index (χ2v) is 4.47. The Balaban J connectivity index is 2.62. The maximum atomic E-state index is 10.8. The number of benzene rings is 1. The van der Waals surface area contributed by atoms with Gasteiger partial charge in [0.1, 0.15) is 11.2 Å².